The second-order valence-corrected chi connectivity index (χ2v) is 4.28. The van der Waals surface area contributed by atoms with Gasteiger partial charge in [0, 0.05) is 24.3 Å². The van der Waals surface area contributed by atoms with E-state index in [0.29, 0.717) is 12.2 Å². The first-order chi connectivity index (χ1) is 9.84. The molecule has 3 aromatic rings. The number of para-hydroxylation sites is 1. The number of aromatic nitrogens is 3. The molecule has 0 aliphatic rings. The molecule has 3 rings (SSSR count). The smallest absolute Gasteiger partial charge is 0.270 e. The molecule has 20 heavy (non-hydrogen) atoms. The summed E-state index contributed by atoms with van der Waals surface area (Å²) in [6, 6.07) is 11.2. The highest BCUT2D eigenvalue weighted by molar-refractivity contribution is 6.04. The molecule has 0 fully saturated rings. The normalized spacial score (nSPS) is 10.4. The first-order valence-corrected chi connectivity index (χ1v) is 6.21. The van der Waals surface area contributed by atoms with Gasteiger partial charge >= 0.3 is 0 Å². The van der Waals surface area contributed by atoms with Gasteiger partial charge < -0.3 is 5.32 Å². The SMILES string of the molecule is O=C(NCc1cccnc1)c1ncnc2ccccc12. The Morgan fingerprint density at radius 2 is 2.00 bits per heavy atom. The lowest BCUT2D eigenvalue weighted by molar-refractivity contribution is 0.0947. The van der Waals surface area contributed by atoms with Crippen LogP contribution in [-0.2, 0) is 6.54 Å². The van der Waals surface area contributed by atoms with E-state index in [2.05, 4.69) is 20.3 Å². The van der Waals surface area contributed by atoms with Crippen LogP contribution in [0.4, 0.5) is 0 Å². The molecule has 2 heterocycles. The van der Waals surface area contributed by atoms with Crippen molar-refractivity contribution < 1.29 is 4.79 Å². The lowest BCUT2D eigenvalue weighted by Crippen LogP contribution is -2.24. The van der Waals surface area contributed by atoms with E-state index in [1.165, 1.54) is 6.33 Å². The molecule has 0 unspecified atom stereocenters. The molecular formula is C15H12N4O. The van der Waals surface area contributed by atoms with Gasteiger partial charge in [-0.2, -0.15) is 0 Å². The molecule has 0 radical (unpaired) electrons. The molecule has 1 N–H and O–H groups in total. The van der Waals surface area contributed by atoms with Crippen LogP contribution in [0, 0.1) is 0 Å². The van der Waals surface area contributed by atoms with Crippen LogP contribution >= 0.6 is 0 Å². The fourth-order valence-corrected chi connectivity index (χ4v) is 1.95. The number of nitrogens with zero attached hydrogens (tertiary/aromatic N) is 3. The number of fused-ring (bicyclic) bond motifs is 1. The third-order valence-electron chi connectivity index (χ3n) is 2.93. The third kappa shape index (κ3) is 2.47. The molecule has 5 nitrogen and oxygen atoms in total. The van der Waals surface area contributed by atoms with Crippen molar-refractivity contribution in [3.8, 4) is 0 Å². The summed E-state index contributed by atoms with van der Waals surface area (Å²) < 4.78 is 0. The maximum Gasteiger partial charge on any atom is 0.270 e. The van der Waals surface area contributed by atoms with Crippen LogP contribution in [0.2, 0.25) is 0 Å². The Hall–Kier alpha value is -2.82. The number of carbonyl (C=O) groups is 1. The molecule has 5 heteroatoms. The molecule has 0 aliphatic carbocycles. The van der Waals surface area contributed by atoms with Gasteiger partial charge in [0.05, 0.1) is 5.52 Å². The van der Waals surface area contributed by atoms with Gasteiger partial charge in [-0.15, -0.1) is 0 Å². The maximum absolute atomic E-state index is 12.2. The fraction of sp³-hybridized carbons (Fsp3) is 0.0667. The molecule has 0 saturated carbocycles. The molecule has 0 aliphatic heterocycles. The molecule has 0 saturated heterocycles. The lowest BCUT2D eigenvalue weighted by atomic mass is 10.2. The van der Waals surface area contributed by atoms with Crippen molar-refractivity contribution in [3.05, 3.63) is 66.4 Å². The van der Waals surface area contributed by atoms with Crippen molar-refractivity contribution in [2.24, 2.45) is 0 Å². The van der Waals surface area contributed by atoms with Crippen LogP contribution < -0.4 is 5.32 Å². The summed E-state index contributed by atoms with van der Waals surface area (Å²) in [7, 11) is 0. The minimum absolute atomic E-state index is 0.215. The van der Waals surface area contributed by atoms with Crippen LogP contribution in [0.5, 0.6) is 0 Å². The highest BCUT2D eigenvalue weighted by atomic mass is 16.1. The number of nitrogens with one attached hydrogen (secondary N) is 1. The molecule has 98 valence electrons. The Morgan fingerprint density at radius 3 is 2.85 bits per heavy atom. The maximum atomic E-state index is 12.2. The van der Waals surface area contributed by atoms with Crippen LogP contribution in [0.3, 0.4) is 0 Å². The van der Waals surface area contributed by atoms with E-state index in [4.69, 9.17) is 0 Å². The monoisotopic (exact) mass is 264 g/mol. The minimum atomic E-state index is -0.215. The first-order valence-electron chi connectivity index (χ1n) is 6.21. The quantitative estimate of drug-likeness (QED) is 0.785. The average molecular weight is 264 g/mol. The van der Waals surface area contributed by atoms with Gasteiger partial charge in [-0.25, -0.2) is 9.97 Å². The number of hydrogen-bond acceptors (Lipinski definition) is 4. The first kappa shape index (κ1) is 12.2. The number of carbonyl (C=O) groups excluding carboxylic acids is 1. The van der Waals surface area contributed by atoms with Crippen molar-refractivity contribution in [1.29, 1.82) is 0 Å². The van der Waals surface area contributed by atoms with E-state index in [9.17, 15) is 4.79 Å². The fourth-order valence-electron chi connectivity index (χ4n) is 1.95. The zero-order valence-corrected chi connectivity index (χ0v) is 10.7. The molecule has 0 spiro atoms. The van der Waals surface area contributed by atoms with Crippen molar-refractivity contribution >= 4 is 16.8 Å². The number of rotatable bonds is 3. The van der Waals surface area contributed by atoms with E-state index in [1.54, 1.807) is 12.4 Å². The highest BCUT2D eigenvalue weighted by Crippen LogP contribution is 2.13. The van der Waals surface area contributed by atoms with Gasteiger partial charge in [-0.05, 0) is 17.7 Å². The van der Waals surface area contributed by atoms with E-state index in [1.807, 2.05) is 36.4 Å². The molecular weight excluding hydrogens is 252 g/mol. The predicted molar refractivity (Wildman–Crippen MR) is 74.9 cm³/mol. The van der Waals surface area contributed by atoms with Gasteiger partial charge in [0.1, 0.15) is 12.0 Å². The highest BCUT2D eigenvalue weighted by Gasteiger charge is 2.11. The molecule has 1 aromatic carbocycles. The van der Waals surface area contributed by atoms with Crippen LogP contribution in [-0.4, -0.2) is 20.9 Å². The Kier molecular flexibility index (Phi) is 3.33. The second kappa shape index (κ2) is 5.44. The number of benzene rings is 1. The molecule has 2 aromatic heterocycles. The Bertz CT molecular complexity index is 738. The van der Waals surface area contributed by atoms with Gasteiger partial charge in [-0.1, -0.05) is 24.3 Å². The topological polar surface area (TPSA) is 67.8 Å². The Morgan fingerprint density at radius 1 is 1.10 bits per heavy atom. The van der Waals surface area contributed by atoms with E-state index in [0.717, 1.165) is 16.5 Å². The van der Waals surface area contributed by atoms with Crippen molar-refractivity contribution in [1.82, 2.24) is 20.3 Å². The largest absolute Gasteiger partial charge is 0.347 e. The Labute approximate surface area is 115 Å². The summed E-state index contributed by atoms with van der Waals surface area (Å²) in [6.45, 7) is 0.422. The molecule has 1 amide bonds. The summed E-state index contributed by atoms with van der Waals surface area (Å²) in [5.41, 5.74) is 2.09. The van der Waals surface area contributed by atoms with Crippen LogP contribution in [0.1, 0.15) is 16.1 Å². The van der Waals surface area contributed by atoms with E-state index >= 15 is 0 Å². The van der Waals surface area contributed by atoms with Gasteiger partial charge in [0.2, 0.25) is 0 Å². The minimum Gasteiger partial charge on any atom is -0.347 e. The summed E-state index contributed by atoms with van der Waals surface area (Å²) in [6.07, 6.45) is 4.82. The van der Waals surface area contributed by atoms with Crippen molar-refractivity contribution in [3.63, 3.8) is 0 Å². The van der Waals surface area contributed by atoms with Crippen molar-refractivity contribution in [2.75, 3.05) is 0 Å². The zero-order chi connectivity index (χ0) is 13.8. The number of hydrogen-bond donors (Lipinski definition) is 1. The second-order valence-electron chi connectivity index (χ2n) is 4.28. The van der Waals surface area contributed by atoms with Crippen LogP contribution in [0.15, 0.2) is 55.1 Å². The average Bonchev–Trinajstić information content (AvgIpc) is 2.53. The van der Waals surface area contributed by atoms with Gasteiger partial charge in [0.15, 0.2) is 0 Å². The third-order valence-corrected chi connectivity index (χ3v) is 2.93. The molecule has 0 atom stereocenters. The Balaban J connectivity index is 1.82. The number of amides is 1. The molecule has 0 bridgehead atoms. The van der Waals surface area contributed by atoms with Gasteiger partial charge in [-0.3, -0.25) is 9.78 Å². The summed E-state index contributed by atoms with van der Waals surface area (Å²) in [5.74, 6) is -0.215. The summed E-state index contributed by atoms with van der Waals surface area (Å²) in [4.78, 5) is 24.4. The summed E-state index contributed by atoms with van der Waals surface area (Å²) >= 11 is 0. The number of pyridine rings is 1. The van der Waals surface area contributed by atoms with Gasteiger partial charge in [0.25, 0.3) is 5.91 Å². The van der Waals surface area contributed by atoms with Crippen LogP contribution in [0.25, 0.3) is 10.9 Å². The standard InChI is InChI=1S/C15H12N4O/c20-15(17-9-11-4-3-7-16-8-11)14-12-5-1-2-6-13(12)18-10-19-14/h1-8,10H,9H2,(H,17,20). The lowest BCUT2D eigenvalue weighted by Gasteiger charge is -2.06. The summed E-state index contributed by atoms with van der Waals surface area (Å²) in [5, 5.41) is 3.59. The van der Waals surface area contributed by atoms with Crippen molar-refractivity contribution in [2.45, 2.75) is 6.54 Å². The van der Waals surface area contributed by atoms with E-state index < -0.39 is 0 Å². The van der Waals surface area contributed by atoms with E-state index in [-0.39, 0.29) is 5.91 Å². The zero-order valence-electron chi connectivity index (χ0n) is 10.7. The predicted octanol–water partition coefficient (Wildman–Crippen LogP) is 1.95.